The van der Waals surface area contributed by atoms with Crippen molar-refractivity contribution in [1.82, 2.24) is 0 Å². The fourth-order valence-corrected chi connectivity index (χ4v) is 0.129. The monoisotopic (exact) mass is 329 g/mol. The summed E-state index contributed by atoms with van der Waals surface area (Å²) in [7, 11) is 0. The summed E-state index contributed by atoms with van der Waals surface area (Å²) in [6.45, 7) is 0. The lowest BCUT2D eigenvalue weighted by atomic mass is 10.5. The van der Waals surface area contributed by atoms with E-state index in [0.29, 0.717) is 0 Å². The minimum absolute atomic E-state index is 0. The van der Waals surface area contributed by atoms with Crippen molar-refractivity contribution in [3.63, 3.8) is 0 Å². The second-order valence-corrected chi connectivity index (χ2v) is 1.20. The third-order valence-electron chi connectivity index (χ3n) is 0.302. The van der Waals surface area contributed by atoms with Crippen molar-refractivity contribution in [2.45, 2.75) is 6.42 Å². The summed E-state index contributed by atoms with van der Waals surface area (Å²) in [6.07, 6.45) is -0.806. The van der Waals surface area contributed by atoms with E-state index in [0.717, 1.165) is 0 Å². The van der Waals surface area contributed by atoms with E-state index in [2.05, 4.69) is 0 Å². The number of carboxylic acids is 2. The molecule has 20 heavy (non-hydrogen) atoms. The lowest BCUT2D eigenvalue weighted by molar-refractivity contribution is -0.742. The molecule has 0 unspecified atom stereocenters. The summed E-state index contributed by atoms with van der Waals surface area (Å²) in [5, 5.41) is 29.0. The molecule has 0 spiro atoms. The first-order chi connectivity index (χ1) is 4.86. The molecule has 0 aromatic rings. The van der Waals surface area contributed by atoms with Gasteiger partial charge in [-0.2, -0.15) is 0 Å². The molecule has 0 saturated carbocycles. The standard InChI is InChI=1S/C3H4O4.HNO3.9H2O/c4-2(5)1-3(6)7;2-1(3)4;;;;;;;;;/h1H2,(H,4,5)(H,6,7);(H,2,3,4);9*1H2. The lowest BCUT2D eigenvalue weighted by Crippen LogP contribution is -2.03. The van der Waals surface area contributed by atoms with E-state index in [1.165, 1.54) is 0 Å². The quantitative estimate of drug-likeness (QED) is 0.249. The van der Waals surface area contributed by atoms with Crippen LogP contribution in [0.1, 0.15) is 6.42 Å². The largest absolute Gasteiger partial charge is 0.481 e. The topological polar surface area (TPSA) is 421 Å². The summed E-state index contributed by atoms with van der Waals surface area (Å²) in [4.78, 5) is 27.2. The molecule has 0 aromatic carbocycles. The second kappa shape index (κ2) is 69.0. The van der Waals surface area contributed by atoms with Crippen LogP contribution < -0.4 is 0 Å². The maximum absolute atomic E-state index is 9.43. The van der Waals surface area contributed by atoms with Gasteiger partial charge in [0.1, 0.15) is 6.42 Å². The normalized spacial score (nSPS) is 4.00. The van der Waals surface area contributed by atoms with E-state index >= 15 is 0 Å². The van der Waals surface area contributed by atoms with Gasteiger partial charge in [-0.3, -0.25) is 9.59 Å². The minimum atomic E-state index is -1.50. The van der Waals surface area contributed by atoms with Crippen LogP contribution in [0.25, 0.3) is 0 Å². The third kappa shape index (κ3) is 1090. The van der Waals surface area contributed by atoms with E-state index in [-0.39, 0.29) is 49.3 Å². The highest BCUT2D eigenvalue weighted by Crippen LogP contribution is 1.74. The predicted molar refractivity (Wildman–Crippen MR) is 61.2 cm³/mol. The van der Waals surface area contributed by atoms with Crippen LogP contribution in [0.5, 0.6) is 0 Å². The van der Waals surface area contributed by atoms with Gasteiger partial charge in [-0.15, -0.1) is 10.1 Å². The zero-order valence-corrected chi connectivity index (χ0v) is 9.63. The van der Waals surface area contributed by atoms with Gasteiger partial charge in [0.2, 0.25) is 0 Å². The Labute approximate surface area is 109 Å². The molecule has 136 valence electrons. The van der Waals surface area contributed by atoms with E-state index in [1.54, 1.807) is 0 Å². The van der Waals surface area contributed by atoms with E-state index in [1.807, 2.05) is 0 Å². The average Bonchev–Trinajstić information content (AvgIpc) is 1.56. The molecule has 0 rings (SSSR count). The zero-order chi connectivity index (χ0) is 9.44. The van der Waals surface area contributed by atoms with Crippen LogP contribution in [-0.2, 0) is 9.59 Å². The highest BCUT2D eigenvalue weighted by Gasteiger charge is 2.01. The second-order valence-electron chi connectivity index (χ2n) is 1.20. The summed E-state index contributed by atoms with van der Waals surface area (Å²) < 4.78 is 0. The Kier molecular flexibility index (Phi) is 376. The van der Waals surface area contributed by atoms with E-state index in [4.69, 9.17) is 25.5 Å². The maximum atomic E-state index is 9.43. The summed E-state index contributed by atoms with van der Waals surface area (Å²) in [6, 6.07) is 0. The van der Waals surface area contributed by atoms with Gasteiger partial charge in [0.05, 0.1) is 0 Å². The van der Waals surface area contributed by atoms with Crippen molar-refractivity contribution < 1.29 is 79.4 Å². The molecule has 0 aliphatic heterocycles. The summed E-state index contributed by atoms with van der Waals surface area (Å²) in [5.74, 6) is -2.62. The Bertz CT molecular complexity index is 151. The van der Waals surface area contributed by atoms with Crippen molar-refractivity contribution in [1.29, 1.82) is 0 Å². The van der Waals surface area contributed by atoms with Crippen molar-refractivity contribution in [2.75, 3.05) is 0 Å². The molecule has 0 bridgehead atoms. The molecule has 0 aliphatic rings. The molecule has 0 heterocycles. The Balaban J connectivity index is -0.00000000649. The van der Waals surface area contributed by atoms with E-state index < -0.39 is 23.4 Å². The number of rotatable bonds is 2. The van der Waals surface area contributed by atoms with Gasteiger partial charge >= 0.3 is 11.9 Å². The smallest absolute Gasteiger partial charge is 0.314 e. The van der Waals surface area contributed by atoms with Gasteiger partial charge in [0.15, 0.2) is 0 Å². The SMILES string of the molecule is O.O.O.O.O.O.O.O.O.O=C(O)CC(=O)O.O=[N+]([O-])O. The van der Waals surface area contributed by atoms with Gasteiger partial charge in [-0.05, 0) is 0 Å². The number of hydrogen-bond acceptors (Lipinski definition) is 4. The van der Waals surface area contributed by atoms with Crippen molar-refractivity contribution in [2.24, 2.45) is 0 Å². The highest BCUT2D eigenvalue weighted by molar-refractivity contribution is 5.88. The Hall–Kier alpha value is -2.22. The van der Waals surface area contributed by atoms with Crippen LogP contribution >= 0.6 is 0 Å². The zero-order valence-electron chi connectivity index (χ0n) is 9.63. The number of hydrogen-bond donors (Lipinski definition) is 3. The molecule has 17 nitrogen and oxygen atoms in total. The summed E-state index contributed by atoms with van der Waals surface area (Å²) >= 11 is 0. The maximum Gasteiger partial charge on any atom is 0.314 e. The van der Waals surface area contributed by atoms with Gasteiger partial charge in [-0.1, -0.05) is 0 Å². The molecule has 17 heteroatoms. The fraction of sp³-hybridized carbons (Fsp3) is 0.333. The summed E-state index contributed by atoms with van der Waals surface area (Å²) in [5.41, 5.74) is 0. The van der Waals surface area contributed by atoms with Crippen LogP contribution in [-0.4, -0.2) is 81.7 Å². The minimum Gasteiger partial charge on any atom is -0.481 e. The van der Waals surface area contributed by atoms with Gasteiger partial charge < -0.3 is 64.7 Å². The fourth-order valence-electron chi connectivity index (χ4n) is 0.129. The van der Waals surface area contributed by atoms with Gasteiger partial charge in [-0.25, -0.2) is 0 Å². The first-order valence-electron chi connectivity index (χ1n) is 2.13. The van der Waals surface area contributed by atoms with Crippen molar-refractivity contribution in [3.05, 3.63) is 10.1 Å². The van der Waals surface area contributed by atoms with Gasteiger partial charge in [0.25, 0.3) is 5.09 Å². The number of carbonyl (C=O) groups is 2. The molecule has 21 N–H and O–H groups in total. The van der Waals surface area contributed by atoms with Crippen molar-refractivity contribution in [3.8, 4) is 0 Å². The molecule has 0 atom stereocenters. The number of aliphatic carboxylic acids is 2. The van der Waals surface area contributed by atoms with Gasteiger partial charge in [0, 0.05) is 0 Å². The third-order valence-corrected chi connectivity index (χ3v) is 0.302. The molecule has 0 fully saturated rings. The Morgan fingerprint density at radius 2 is 0.850 bits per heavy atom. The molecule has 0 radical (unpaired) electrons. The first kappa shape index (κ1) is 109. The Morgan fingerprint density at radius 1 is 0.750 bits per heavy atom. The number of nitrogens with zero attached hydrogens (tertiary/aromatic N) is 1. The highest BCUT2D eigenvalue weighted by atomic mass is 16.9. The molecule has 0 saturated heterocycles. The predicted octanol–water partition coefficient (Wildman–Crippen LogP) is -8.22. The first-order valence-corrected chi connectivity index (χ1v) is 2.13. The van der Waals surface area contributed by atoms with Crippen LogP contribution in [0.15, 0.2) is 0 Å². The molecular weight excluding hydrogens is 306 g/mol. The number of carboxylic acid groups (broad SMARTS) is 2. The average molecular weight is 329 g/mol. The Morgan fingerprint density at radius 3 is 0.850 bits per heavy atom. The van der Waals surface area contributed by atoms with Crippen molar-refractivity contribution >= 4 is 11.9 Å². The lowest BCUT2D eigenvalue weighted by Gasteiger charge is -1.80. The molecule has 0 aromatic heterocycles. The molecule has 0 aliphatic carbocycles. The van der Waals surface area contributed by atoms with Crippen LogP contribution in [0.4, 0.5) is 0 Å². The van der Waals surface area contributed by atoms with E-state index in [9.17, 15) is 9.59 Å². The van der Waals surface area contributed by atoms with Crippen LogP contribution in [0.2, 0.25) is 0 Å². The molecule has 0 amide bonds. The van der Waals surface area contributed by atoms with Crippen LogP contribution in [0.3, 0.4) is 0 Å². The molecular formula is C3H23NO16. The van der Waals surface area contributed by atoms with Crippen LogP contribution in [0, 0.1) is 10.1 Å².